The van der Waals surface area contributed by atoms with Gasteiger partial charge in [-0.1, -0.05) is 18.6 Å². The summed E-state index contributed by atoms with van der Waals surface area (Å²) in [4.78, 5) is 0.421. The number of halogens is 1. The topological polar surface area (TPSA) is 63.4 Å². The number of sulfonamides is 1. The van der Waals surface area contributed by atoms with E-state index in [0.717, 1.165) is 30.4 Å². The Labute approximate surface area is 134 Å². The Morgan fingerprint density at radius 1 is 1.29 bits per heavy atom. The summed E-state index contributed by atoms with van der Waals surface area (Å²) in [6, 6.07) is 5.34. The highest BCUT2D eigenvalue weighted by Gasteiger charge is 2.35. The number of nitrogens with two attached hydrogens (primary N) is 1. The fourth-order valence-corrected chi connectivity index (χ4v) is 4.95. The maximum Gasteiger partial charge on any atom is 0.243 e. The number of piperidine rings is 1. The van der Waals surface area contributed by atoms with Gasteiger partial charge in [-0.3, -0.25) is 0 Å². The Kier molecular flexibility index (Phi) is 6.23. The fraction of sp³-hybridized carbons (Fsp3) is 0.600. The van der Waals surface area contributed by atoms with Gasteiger partial charge in [0.05, 0.1) is 4.90 Å². The summed E-state index contributed by atoms with van der Waals surface area (Å²) >= 11 is 0. The molecule has 2 unspecified atom stereocenters. The maximum atomic E-state index is 12.9. The molecular formula is C15H25ClN2O2S. The van der Waals surface area contributed by atoms with Crippen LogP contribution in [-0.2, 0) is 10.0 Å². The summed E-state index contributed by atoms with van der Waals surface area (Å²) in [6.07, 6.45) is 2.81. The molecule has 1 fully saturated rings. The predicted molar refractivity (Wildman–Crippen MR) is 88.3 cm³/mol. The van der Waals surface area contributed by atoms with Gasteiger partial charge < -0.3 is 5.73 Å². The first-order valence-electron chi connectivity index (χ1n) is 7.18. The molecule has 1 saturated heterocycles. The first-order valence-corrected chi connectivity index (χ1v) is 8.62. The first-order chi connectivity index (χ1) is 9.34. The zero-order valence-corrected chi connectivity index (χ0v) is 14.5. The van der Waals surface area contributed by atoms with Crippen LogP contribution in [0.25, 0.3) is 0 Å². The van der Waals surface area contributed by atoms with Gasteiger partial charge in [0, 0.05) is 18.6 Å². The van der Waals surface area contributed by atoms with E-state index in [0.29, 0.717) is 11.4 Å². The summed E-state index contributed by atoms with van der Waals surface area (Å²) in [5.41, 5.74) is 7.75. The van der Waals surface area contributed by atoms with Gasteiger partial charge in [-0.15, -0.1) is 12.4 Å². The molecule has 4 nitrogen and oxygen atoms in total. The molecule has 21 heavy (non-hydrogen) atoms. The van der Waals surface area contributed by atoms with Crippen molar-refractivity contribution in [3.8, 4) is 0 Å². The molecular weight excluding hydrogens is 308 g/mol. The van der Waals surface area contributed by atoms with E-state index in [1.54, 1.807) is 10.4 Å². The number of aryl methyl sites for hydroxylation is 2. The van der Waals surface area contributed by atoms with E-state index in [2.05, 4.69) is 0 Å². The zero-order chi connectivity index (χ0) is 14.9. The van der Waals surface area contributed by atoms with Crippen LogP contribution in [0.15, 0.2) is 23.1 Å². The van der Waals surface area contributed by atoms with E-state index < -0.39 is 10.0 Å². The zero-order valence-electron chi connectivity index (χ0n) is 12.9. The Morgan fingerprint density at radius 3 is 2.57 bits per heavy atom. The molecule has 0 aliphatic carbocycles. The molecule has 0 bridgehead atoms. The number of nitrogens with zero attached hydrogens (tertiary/aromatic N) is 1. The van der Waals surface area contributed by atoms with Crippen LogP contribution in [0.2, 0.25) is 0 Å². The van der Waals surface area contributed by atoms with Crippen LogP contribution in [0.1, 0.15) is 37.3 Å². The average Bonchev–Trinajstić information content (AvgIpc) is 2.41. The lowest BCUT2D eigenvalue weighted by molar-refractivity contribution is 0.227. The van der Waals surface area contributed by atoms with Crippen molar-refractivity contribution in [1.29, 1.82) is 0 Å². The van der Waals surface area contributed by atoms with Crippen molar-refractivity contribution in [2.45, 2.75) is 57.0 Å². The van der Waals surface area contributed by atoms with E-state index in [1.165, 1.54) is 0 Å². The quantitative estimate of drug-likeness (QED) is 0.925. The van der Waals surface area contributed by atoms with E-state index in [9.17, 15) is 8.42 Å². The molecule has 120 valence electrons. The van der Waals surface area contributed by atoms with Gasteiger partial charge in [-0.25, -0.2) is 8.42 Å². The Balaban J connectivity index is 0.00000220. The lowest BCUT2D eigenvalue weighted by Gasteiger charge is -2.37. The third kappa shape index (κ3) is 3.77. The maximum absolute atomic E-state index is 12.9. The van der Waals surface area contributed by atoms with Gasteiger partial charge >= 0.3 is 0 Å². The highest BCUT2D eigenvalue weighted by molar-refractivity contribution is 7.89. The van der Waals surface area contributed by atoms with Gasteiger partial charge in [-0.2, -0.15) is 4.31 Å². The minimum atomic E-state index is -3.46. The summed E-state index contributed by atoms with van der Waals surface area (Å²) in [6.45, 7) is 6.22. The lowest BCUT2D eigenvalue weighted by atomic mass is 10.00. The van der Waals surface area contributed by atoms with Crippen molar-refractivity contribution in [3.63, 3.8) is 0 Å². The molecule has 2 N–H and O–H groups in total. The average molecular weight is 333 g/mol. The molecule has 1 aromatic carbocycles. The normalized spacial score (nSPS) is 21.6. The van der Waals surface area contributed by atoms with Crippen LogP contribution in [0.5, 0.6) is 0 Å². The van der Waals surface area contributed by atoms with Crippen LogP contribution in [0, 0.1) is 13.8 Å². The van der Waals surface area contributed by atoms with Crippen molar-refractivity contribution in [2.24, 2.45) is 5.73 Å². The molecule has 2 rings (SSSR count). The highest BCUT2D eigenvalue weighted by Crippen LogP contribution is 2.28. The van der Waals surface area contributed by atoms with Crippen molar-refractivity contribution < 1.29 is 8.42 Å². The molecule has 1 heterocycles. The van der Waals surface area contributed by atoms with Gasteiger partial charge in [0.2, 0.25) is 10.0 Å². The largest absolute Gasteiger partial charge is 0.326 e. The van der Waals surface area contributed by atoms with Gasteiger partial charge in [0.25, 0.3) is 0 Å². The van der Waals surface area contributed by atoms with Gasteiger partial charge in [-0.05, 0) is 50.8 Å². The van der Waals surface area contributed by atoms with E-state index in [1.807, 2.05) is 32.9 Å². The Morgan fingerprint density at radius 2 is 1.95 bits per heavy atom. The van der Waals surface area contributed by atoms with Crippen LogP contribution in [0.4, 0.5) is 0 Å². The molecule has 0 amide bonds. The number of hydrogen-bond acceptors (Lipinski definition) is 3. The van der Waals surface area contributed by atoms with Crippen LogP contribution in [-0.4, -0.2) is 31.4 Å². The number of benzene rings is 1. The minimum absolute atomic E-state index is 0. The molecule has 0 radical (unpaired) electrons. The summed E-state index contributed by atoms with van der Waals surface area (Å²) < 4.78 is 27.5. The third-order valence-corrected chi connectivity index (χ3v) is 6.10. The molecule has 1 aromatic rings. The van der Waals surface area contributed by atoms with E-state index in [4.69, 9.17) is 5.73 Å². The smallest absolute Gasteiger partial charge is 0.243 e. The Hall–Kier alpha value is -0.620. The highest BCUT2D eigenvalue weighted by atomic mass is 35.5. The fourth-order valence-electron chi connectivity index (χ4n) is 2.87. The molecule has 0 aromatic heterocycles. The van der Waals surface area contributed by atoms with Gasteiger partial charge in [0.15, 0.2) is 0 Å². The van der Waals surface area contributed by atoms with Crippen LogP contribution < -0.4 is 5.73 Å². The summed E-state index contributed by atoms with van der Waals surface area (Å²) in [5, 5.41) is 0. The second-order valence-corrected chi connectivity index (χ2v) is 7.67. The minimum Gasteiger partial charge on any atom is -0.326 e. The first kappa shape index (κ1) is 18.4. The van der Waals surface area contributed by atoms with Crippen LogP contribution in [0.3, 0.4) is 0 Å². The molecule has 0 spiro atoms. The van der Waals surface area contributed by atoms with Crippen molar-refractivity contribution in [2.75, 3.05) is 6.54 Å². The standard InChI is InChI=1S/C15H24N2O2S.ClH/c1-11-7-8-12(2)15(10-11)20(18,19)17-9-5-4-6-14(17)13(3)16;/h7-8,10,13-14H,4-6,9,16H2,1-3H3;1H. The second kappa shape index (κ2) is 7.09. The molecule has 6 heteroatoms. The van der Waals surface area contributed by atoms with Gasteiger partial charge in [0.1, 0.15) is 0 Å². The molecule has 2 atom stereocenters. The third-order valence-electron chi connectivity index (χ3n) is 4.04. The lowest BCUT2D eigenvalue weighted by Crippen LogP contribution is -2.51. The molecule has 1 aliphatic rings. The SMILES string of the molecule is Cc1ccc(C)c(S(=O)(=O)N2CCCCC2C(C)N)c1.Cl. The summed E-state index contributed by atoms with van der Waals surface area (Å²) in [5.74, 6) is 0. The van der Waals surface area contributed by atoms with Crippen molar-refractivity contribution >= 4 is 22.4 Å². The number of rotatable bonds is 3. The monoisotopic (exact) mass is 332 g/mol. The predicted octanol–water partition coefficient (Wildman–Crippen LogP) is 2.62. The number of hydrogen-bond donors (Lipinski definition) is 1. The Bertz CT molecular complexity index is 587. The summed E-state index contributed by atoms with van der Waals surface area (Å²) in [7, 11) is -3.46. The van der Waals surface area contributed by atoms with Crippen LogP contribution >= 0.6 is 12.4 Å². The van der Waals surface area contributed by atoms with Crippen molar-refractivity contribution in [3.05, 3.63) is 29.3 Å². The second-order valence-electron chi connectivity index (χ2n) is 5.81. The van der Waals surface area contributed by atoms with Crippen molar-refractivity contribution in [1.82, 2.24) is 4.31 Å². The van der Waals surface area contributed by atoms with E-state index >= 15 is 0 Å². The molecule has 0 saturated carbocycles. The molecule has 1 aliphatic heterocycles. The van der Waals surface area contributed by atoms with E-state index in [-0.39, 0.29) is 24.5 Å².